The molecule has 0 aliphatic heterocycles. The van der Waals surface area contributed by atoms with Gasteiger partial charge in [0.1, 0.15) is 0 Å². The number of methoxy groups -OCH3 is 1. The molecule has 1 aromatic carbocycles. The number of amides is 1. The van der Waals surface area contributed by atoms with Gasteiger partial charge in [-0.05, 0) is 18.9 Å². The molecular formula is C17H29IN4O2. The maximum atomic E-state index is 12.3. The van der Waals surface area contributed by atoms with Crippen molar-refractivity contribution in [2.75, 3.05) is 40.4 Å². The normalized spacial score (nSPS) is 10.7. The van der Waals surface area contributed by atoms with Crippen LogP contribution in [0.15, 0.2) is 35.3 Å². The summed E-state index contributed by atoms with van der Waals surface area (Å²) < 4.78 is 5.00. The lowest BCUT2D eigenvalue weighted by molar-refractivity contribution is -0.130. The quantitative estimate of drug-likeness (QED) is 0.262. The molecule has 0 unspecified atom stereocenters. The molecule has 7 heteroatoms. The van der Waals surface area contributed by atoms with Crippen LogP contribution in [0.3, 0.4) is 0 Å². The Labute approximate surface area is 162 Å². The van der Waals surface area contributed by atoms with E-state index in [0.29, 0.717) is 25.7 Å². The molecule has 6 nitrogen and oxygen atoms in total. The van der Waals surface area contributed by atoms with Gasteiger partial charge in [-0.1, -0.05) is 30.3 Å². The number of hydrogen-bond acceptors (Lipinski definition) is 3. The van der Waals surface area contributed by atoms with Gasteiger partial charge >= 0.3 is 0 Å². The Balaban J connectivity index is 0.00000529. The van der Waals surface area contributed by atoms with E-state index in [4.69, 9.17) is 4.74 Å². The maximum absolute atomic E-state index is 12.3. The number of halogens is 1. The zero-order chi connectivity index (χ0) is 16.9. The Morgan fingerprint density at radius 1 is 1.25 bits per heavy atom. The minimum Gasteiger partial charge on any atom is -0.385 e. The van der Waals surface area contributed by atoms with Crippen molar-refractivity contribution in [2.45, 2.75) is 19.9 Å². The number of guanidine groups is 1. The summed E-state index contributed by atoms with van der Waals surface area (Å²) in [5.41, 5.74) is 1.13. The molecule has 1 amide bonds. The number of nitrogens with zero attached hydrogens (tertiary/aromatic N) is 2. The van der Waals surface area contributed by atoms with Gasteiger partial charge in [0.25, 0.3) is 0 Å². The zero-order valence-corrected chi connectivity index (χ0v) is 17.1. The Morgan fingerprint density at radius 2 is 1.96 bits per heavy atom. The highest BCUT2D eigenvalue weighted by molar-refractivity contribution is 14.0. The summed E-state index contributed by atoms with van der Waals surface area (Å²) in [4.78, 5) is 18.3. The molecular weight excluding hydrogens is 419 g/mol. The van der Waals surface area contributed by atoms with Gasteiger partial charge in [-0.15, -0.1) is 24.0 Å². The number of carbonyl (C=O) groups excluding carboxylic acids is 1. The minimum absolute atomic E-state index is 0. The van der Waals surface area contributed by atoms with Gasteiger partial charge in [0, 0.05) is 40.4 Å². The standard InChI is InChI=1S/C17H28N4O2.HI/c1-4-21(14-15-9-6-5-7-10-15)16(22)13-20-17(18-2)19-11-8-12-23-3;/h5-7,9-10H,4,8,11-14H2,1-3H3,(H2,18,19,20);1H. The molecule has 0 radical (unpaired) electrons. The SMILES string of the molecule is CCN(Cc1ccccc1)C(=O)CNC(=NC)NCCCOC.I. The molecule has 2 N–H and O–H groups in total. The second kappa shape index (κ2) is 14.0. The van der Waals surface area contributed by atoms with Crippen molar-refractivity contribution in [2.24, 2.45) is 4.99 Å². The molecule has 0 fully saturated rings. The first-order chi connectivity index (χ1) is 11.2. The Kier molecular flexibility index (Phi) is 13.2. The number of likely N-dealkylation sites (N-methyl/N-ethyl adjacent to an activating group) is 1. The summed E-state index contributed by atoms with van der Waals surface area (Å²) in [6.45, 7) is 4.96. The molecule has 1 rings (SSSR count). The van der Waals surface area contributed by atoms with Crippen molar-refractivity contribution >= 4 is 35.8 Å². The maximum Gasteiger partial charge on any atom is 0.242 e. The van der Waals surface area contributed by atoms with Gasteiger partial charge in [0.15, 0.2) is 5.96 Å². The van der Waals surface area contributed by atoms with Gasteiger partial charge in [0.05, 0.1) is 6.54 Å². The van der Waals surface area contributed by atoms with Crippen molar-refractivity contribution < 1.29 is 9.53 Å². The van der Waals surface area contributed by atoms with Crippen molar-refractivity contribution in [3.8, 4) is 0 Å². The lowest BCUT2D eigenvalue weighted by Gasteiger charge is -2.22. The van der Waals surface area contributed by atoms with Gasteiger partial charge in [-0.3, -0.25) is 9.79 Å². The average Bonchev–Trinajstić information content (AvgIpc) is 2.59. The summed E-state index contributed by atoms with van der Waals surface area (Å²) in [5.74, 6) is 0.682. The molecule has 1 aromatic rings. The van der Waals surface area contributed by atoms with Crippen LogP contribution in [-0.4, -0.2) is 57.2 Å². The predicted octanol–water partition coefficient (Wildman–Crippen LogP) is 1.85. The second-order valence-electron chi connectivity index (χ2n) is 5.09. The van der Waals surface area contributed by atoms with Crippen LogP contribution < -0.4 is 10.6 Å². The molecule has 0 aliphatic carbocycles. The molecule has 0 aliphatic rings. The van der Waals surface area contributed by atoms with Crippen LogP contribution in [0.4, 0.5) is 0 Å². The molecule has 24 heavy (non-hydrogen) atoms. The third-order valence-corrected chi connectivity index (χ3v) is 3.40. The summed E-state index contributed by atoms with van der Waals surface area (Å²) in [7, 11) is 3.37. The third kappa shape index (κ3) is 9.07. The Morgan fingerprint density at radius 3 is 2.54 bits per heavy atom. The summed E-state index contributed by atoms with van der Waals surface area (Å²) in [5, 5.41) is 6.21. The van der Waals surface area contributed by atoms with Crippen LogP contribution in [0, 0.1) is 0 Å². The van der Waals surface area contributed by atoms with E-state index in [0.717, 1.165) is 18.5 Å². The number of aliphatic imine (C=N–C) groups is 1. The Bertz CT molecular complexity index is 483. The fourth-order valence-electron chi connectivity index (χ4n) is 2.10. The number of rotatable bonds is 9. The van der Waals surface area contributed by atoms with Crippen LogP contribution in [0.25, 0.3) is 0 Å². The zero-order valence-electron chi connectivity index (χ0n) is 14.7. The summed E-state index contributed by atoms with van der Waals surface area (Å²) >= 11 is 0. The van der Waals surface area contributed by atoms with Gasteiger partial charge in [-0.2, -0.15) is 0 Å². The van der Waals surface area contributed by atoms with Gasteiger partial charge in [-0.25, -0.2) is 0 Å². The topological polar surface area (TPSA) is 66.0 Å². The fourth-order valence-corrected chi connectivity index (χ4v) is 2.10. The van der Waals surface area contributed by atoms with E-state index < -0.39 is 0 Å². The summed E-state index contributed by atoms with van der Waals surface area (Å²) in [6.07, 6.45) is 0.889. The van der Waals surface area contributed by atoms with E-state index >= 15 is 0 Å². The van der Waals surface area contributed by atoms with Crippen molar-refractivity contribution in [3.05, 3.63) is 35.9 Å². The monoisotopic (exact) mass is 448 g/mol. The number of nitrogens with one attached hydrogen (secondary N) is 2. The number of benzene rings is 1. The third-order valence-electron chi connectivity index (χ3n) is 3.40. The van der Waals surface area contributed by atoms with Gasteiger partial charge < -0.3 is 20.3 Å². The highest BCUT2D eigenvalue weighted by Crippen LogP contribution is 2.04. The first kappa shape index (κ1) is 22.6. The number of ether oxygens (including phenoxy) is 1. The molecule has 0 heterocycles. The minimum atomic E-state index is 0. The van der Waals surface area contributed by atoms with E-state index in [1.165, 1.54) is 0 Å². The predicted molar refractivity (Wildman–Crippen MR) is 109 cm³/mol. The molecule has 0 aromatic heterocycles. The second-order valence-corrected chi connectivity index (χ2v) is 5.09. The fraction of sp³-hybridized carbons (Fsp3) is 0.529. The van der Waals surface area contributed by atoms with Crippen LogP contribution in [-0.2, 0) is 16.1 Å². The molecule has 0 saturated heterocycles. The van der Waals surface area contributed by atoms with E-state index in [1.807, 2.05) is 42.2 Å². The van der Waals surface area contributed by atoms with E-state index in [-0.39, 0.29) is 36.4 Å². The van der Waals surface area contributed by atoms with Crippen molar-refractivity contribution in [3.63, 3.8) is 0 Å². The molecule has 0 saturated carbocycles. The van der Waals surface area contributed by atoms with Crippen LogP contribution in [0.2, 0.25) is 0 Å². The summed E-state index contributed by atoms with van der Waals surface area (Å²) in [6, 6.07) is 10.00. The lowest BCUT2D eigenvalue weighted by atomic mass is 10.2. The number of carbonyl (C=O) groups is 1. The number of hydrogen-bond donors (Lipinski definition) is 2. The van der Waals surface area contributed by atoms with Crippen molar-refractivity contribution in [1.29, 1.82) is 0 Å². The lowest BCUT2D eigenvalue weighted by Crippen LogP contribution is -2.44. The van der Waals surface area contributed by atoms with E-state index in [1.54, 1.807) is 14.2 Å². The van der Waals surface area contributed by atoms with Crippen molar-refractivity contribution in [1.82, 2.24) is 15.5 Å². The van der Waals surface area contributed by atoms with Crippen LogP contribution in [0.5, 0.6) is 0 Å². The first-order valence-electron chi connectivity index (χ1n) is 7.96. The molecule has 0 spiro atoms. The smallest absolute Gasteiger partial charge is 0.242 e. The van der Waals surface area contributed by atoms with Crippen LogP contribution >= 0.6 is 24.0 Å². The highest BCUT2D eigenvalue weighted by Gasteiger charge is 2.12. The van der Waals surface area contributed by atoms with E-state index in [2.05, 4.69) is 15.6 Å². The molecule has 0 atom stereocenters. The van der Waals surface area contributed by atoms with Gasteiger partial charge in [0.2, 0.25) is 5.91 Å². The molecule has 136 valence electrons. The van der Waals surface area contributed by atoms with E-state index in [9.17, 15) is 4.79 Å². The highest BCUT2D eigenvalue weighted by atomic mass is 127. The van der Waals surface area contributed by atoms with Crippen LogP contribution in [0.1, 0.15) is 18.9 Å². The largest absolute Gasteiger partial charge is 0.385 e. The average molecular weight is 448 g/mol. The molecule has 0 bridgehead atoms. The Hall–Kier alpha value is -1.35. The first-order valence-corrected chi connectivity index (χ1v) is 7.96.